The molecule has 94 valence electrons. The SMILES string of the molecule is CCOc1cccc(C(C)Nc2cnccn2)c1. The molecule has 4 heteroatoms. The minimum Gasteiger partial charge on any atom is -0.494 e. The van der Waals surface area contributed by atoms with Crippen LogP contribution in [0.25, 0.3) is 0 Å². The van der Waals surface area contributed by atoms with Crippen molar-refractivity contribution in [1.29, 1.82) is 0 Å². The first-order chi connectivity index (χ1) is 8.79. The number of hydrogen-bond donors (Lipinski definition) is 1. The molecule has 1 aromatic carbocycles. The van der Waals surface area contributed by atoms with E-state index in [0.29, 0.717) is 6.61 Å². The van der Waals surface area contributed by atoms with Gasteiger partial charge in [0.15, 0.2) is 0 Å². The largest absolute Gasteiger partial charge is 0.494 e. The highest BCUT2D eigenvalue weighted by Crippen LogP contribution is 2.21. The zero-order chi connectivity index (χ0) is 12.8. The van der Waals surface area contributed by atoms with E-state index < -0.39 is 0 Å². The summed E-state index contributed by atoms with van der Waals surface area (Å²) in [5.74, 6) is 1.66. The first-order valence-corrected chi connectivity index (χ1v) is 6.05. The highest BCUT2D eigenvalue weighted by Gasteiger charge is 2.06. The molecule has 2 aromatic rings. The number of benzene rings is 1. The zero-order valence-corrected chi connectivity index (χ0v) is 10.6. The van der Waals surface area contributed by atoms with E-state index in [2.05, 4.69) is 28.3 Å². The van der Waals surface area contributed by atoms with Crippen LogP contribution in [-0.2, 0) is 0 Å². The molecule has 0 saturated heterocycles. The Bertz CT molecular complexity index is 487. The second-order valence-electron chi connectivity index (χ2n) is 3.96. The van der Waals surface area contributed by atoms with Gasteiger partial charge < -0.3 is 10.1 Å². The lowest BCUT2D eigenvalue weighted by Gasteiger charge is -2.15. The molecule has 0 spiro atoms. The highest BCUT2D eigenvalue weighted by atomic mass is 16.5. The molecule has 2 rings (SSSR count). The minimum atomic E-state index is 0.155. The normalized spacial score (nSPS) is 11.9. The summed E-state index contributed by atoms with van der Waals surface area (Å²) < 4.78 is 5.49. The summed E-state index contributed by atoms with van der Waals surface area (Å²) in [4.78, 5) is 8.23. The van der Waals surface area contributed by atoms with Gasteiger partial charge in [-0.15, -0.1) is 0 Å². The molecule has 0 aliphatic rings. The maximum atomic E-state index is 5.49. The molecule has 1 atom stereocenters. The van der Waals surface area contributed by atoms with E-state index in [-0.39, 0.29) is 6.04 Å². The van der Waals surface area contributed by atoms with Crippen molar-refractivity contribution in [3.05, 3.63) is 48.4 Å². The van der Waals surface area contributed by atoms with Crippen LogP contribution >= 0.6 is 0 Å². The van der Waals surface area contributed by atoms with Gasteiger partial charge in [-0.3, -0.25) is 4.98 Å². The van der Waals surface area contributed by atoms with Gasteiger partial charge >= 0.3 is 0 Å². The molecule has 0 amide bonds. The standard InChI is InChI=1S/C14H17N3O/c1-3-18-13-6-4-5-12(9-13)11(2)17-14-10-15-7-8-16-14/h4-11H,3H2,1-2H3,(H,16,17). The lowest BCUT2D eigenvalue weighted by atomic mass is 10.1. The van der Waals surface area contributed by atoms with E-state index in [4.69, 9.17) is 4.74 Å². The highest BCUT2D eigenvalue weighted by molar-refractivity contribution is 5.38. The second-order valence-corrected chi connectivity index (χ2v) is 3.96. The van der Waals surface area contributed by atoms with Gasteiger partial charge in [-0.1, -0.05) is 12.1 Å². The third kappa shape index (κ3) is 3.20. The molecule has 1 aromatic heterocycles. The third-order valence-electron chi connectivity index (χ3n) is 2.60. The number of anilines is 1. The average molecular weight is 243 g/mol. The van der Waals surface area contributed by atoms with Gasteiger partial charge in [0.05, 0.1) is 18.8 Å². The number of ether oxygens (including phenoxy) is 1. The molecule has 0 aliphatic heterocycles. The maximum absolute atomic E-state index is 5.49. The van der Waals surface area contributed by atoms with E-state index in [1.54, 1.807) is 18.6 Å². The topological polar surface area (TPSA) is 47.0 Å². The summed E-state index contributed by atoms with van der Waals surface area (Å²) in [7, 11) is 0. The summed E-state index contributed by atoms with van der Waals surface area (Å²) in [5, 5.41) is 3.30. The fraction of sp³-hybridized carbons (Fsp3) is 0.286. The summed E-state index contributed by atoms with van der Waals surface area (Å²) >= 11 is 0. The molecule has 4 nitrogen and oxygen atoms in total. The monoisotopic (exact) mass is 243 g/mol. The van der Waals surface area contributed by atoms with Gasteiger partial charge in [0, 0.05) is 12.4 Å². The summed E-state index contributed by atoms with van der Waals surface area (Å²) in [6.07, 6.45) is 5.04. The minimum absolute atomic E-state index is 0.155. The fourth-order valence-corrected chi connectivity index (χ4v) is 1.72. The van der Waals surface area contributed by atoms with E-state index in [1.807, 2.05) is 25.1 Å². The lowest BCUT2D eigenvalue weighted by Crippen LogP contribution is -2.08. The van der Waals surface area contributed by atoms with E-state index in [0.717, 1.165) is 17.1 Å². The quantitative estimate of drug-likeness (QED) is 0.876. The van der Waals surface area contributed by atoms with Gasteiger partial charge in [0.1, 0.15) is 11.6 Å². The smallest absolute Gasteiger partial charge is 0.144 e. The van der Waals surface area contributed by atoms with Crippen molar-refractivity contribution in [3.8, 4) is 5.75 Å². The molecule has 18 heavy (non-hydrogen) atoms. The van der Waals surface area contributed by atoms with Crippen molar-refractivity contribution in [2.24, 2.45) is 0 Å². The Labute approximate surface area is 107 Å². The van der Waals surface area contributed by atoms with Crippen LogP contribution in [0.3, 0.4) is 0 Å². The molecular weight excluding hydrogens is 226 g/mol. The van der Waals surface area contributed by atoms with Crippen molar-refractivity contribution < 1.29 is 4.74 Å². The molecule has 0 radical (unpaired) electrons. The van der Waals surface area contributed by atoms with Crippen LogP contribution in [0.2, 0.25) is 0 Å². The first-order valence-electron chi connectivity index (χ1n) is 6.05. The second kappa shape index (κ2) is 6.00. The predicted octanol–water partition coefficient (Wildman–Crippen LogP) is 3.05. The third-order valence-corrected chi connectivity index (χ3v) is 2.60. The van der Waals surface area contributed by atoms with Crippen molar-refractivity contribution in [2.45, 2.75) is 19.9 Å². The number of nitrogens with zero attached hydrogens (tertiary/aromatic N) is 2. The molecule has 0 aliphatic carbocycles. The Kier molecular flexibility index (Phi) is 4.12. The van der Waals surface area contributed by atoms with Crippen LogP contribution in [0.4, 0.5) is 5.82 Å². The molecule has 0 bridgehead atoms. The van der Waals surface area contributed by atoms with Gasteiger partial charge in [-0.25, -0.2) is 4.98 Å². The molecule has 1 unspecified atom stereocenters. The number of nitrogens with one attached hydrogen (secondary N) is 1. The van der Waals surface area contributed by atoms with Crippen molar-refractivity contribution >= 4 is 5.82 Å². The van der Waals surface area contributed by atoms with E-state index in [1.165, 1.54) is 0 Å². The van der Waals surface area contributed by atoms with Crippen LogP contribution in [0.15, 0.2) is 42.9 Å². The number of aromatic nitrogens is 2. The Hall–Kier alpha value is -2.10. The molecule has 1 N–H and O–H groups in total. The Morgan fingerprint density at radius 1 is 1.33 bits per heavy atom. The Balaban J connectivity index is 2.08. The fourth-order valence-electron chi connectivity index (χ4n) is 1.72. The zero-order valence-electron chi connectivity index (χ0n) is 10.6. The van der Waals surface area contributed by atoms with Crippen molar-refractivity contribution in [3.63, 3.8) is 0 Å². The number of hydrogen-bond acceptors (Lipinski definition) is 4. The van der Waals surface area contributed by atoms with Crippen LogP contribution in [-0.4, -0.2) is 16.6 Å². The van der Waals surface area contributed by atoms with Gasteiger partial charge in [-0.05, 0) is 31.5 Å². The van der Waals surface area contributed by atoms with Crippen LogP contribution < -0.4 is 10.1 Å². The summed E-state index contributed by atoms with van der Waals surface area (Å²) in [6.45, 7) is 4.74. The van der Waals surface area contributed by atoms with Gasteiger partial charge in [-0.2, -0.15) is 0 Å². The van der Waals surface area contributed by atoms with E-state index in [9.17, 15) is 0 Å². The van der Waals surface area contributed by atoms with Crippen molar-refractivity contribution in [1.82, 2.24) is 9.97 Å². The van der Waals surface area contributed by atoms with Crippen LogP contribution in [0.5, 0.6) is 5.75 Å². The molecule has 1 heterocycles. The summed E-state index contributed by atoms with van der Waals surface area (Å²) in [5.41, 5.74) is 1.16. The van der Waals surface area contributed by atoms with Crippen LogP contribution in [0, 0.1) is 0 Å². The Morgan fingerprint density at radius 2 is 2.22 bits per heavy atom. The van der Waals surface area contributed by atoms with E-state index >= 15 is 0 Å². The Morgan fingerprint density at radius 3 is 2.94 bits per heavy atom. The molecule has 0 saturated carbocycles. The van der Waals surface area contributed by atoms with Gasteiger partial charge in [0.25, 0.3) is 0 Å². The van der Waals surface area contributed by atoms with Crippen molar-refractivity contribution in [2.75, 3.05) is 11.9 Å². The van der Waals surface area contributed by atoms with Crippen LogP contribution in [0.1, 0.15) is 25.5 Å². The first kappa shape index (κ1) is 12.4. The summed E-state index contributed by atoms with van der Waals surface area (Å²) in [6, 6.07) is 8.22. The average Bonchev–Trinajstić information content (AvgIpc) is 2.40. The molecule has 0 fully saturated rings. The molecular formula is C14H17N3O. The maximum Gasteiger partial charge on any atom is 0.144 e. The predicted molar refractivity (Wildman–Crippen MR) is 71.7 cm³/mol. The lowest BCUT2D eigenvalue weighted by molar-refractivity contribution is 0.340. The van der Waals surface area contributed by atoms with Gasteiger partial charge in [0.2, 0.25) is 0 Å². The number of rotatable bonds is 5.